The van der Waals surface area contributed by atoms with Crippen LogP contribution in [-0.2, 0) is 15.0 Å². The van der Waals surface area contributed by atoms with E-state index in [2.05, 4.69) is 16.0 Å². The molecule has 6 rings (SSSR count). The number of nitrogens with zero attached hydrogens (tertiary/aromatic N) is 3. The van der Waals surface area contributed by atoms with Crippen LogP contribution < -0.4 is 10.5 Å². The van der Waals surface area contributed by atoms with Gasteiger partial charge < -0.3 is 19.9 Å². The van der Waals surface area contributed by atoms with Crippen molar-refractivity contribution >= 4 is 11.6 Å². The average Bonchev–Trinajstić information content (AvgIpc) is 2.85. The first-order valence-corrected chi connectivity index (χ1v) is 10.8. The lowest BCUT2D eigenvalue weighted by molar-refractivity contribution is 0.164. The normalized spacial score (nSPS) is 21.2. The van der Waals surface area contributed by atoms with Gasteiger partial charge in [0.1, 0.15) is 11.3 Å². The molecule has 0 bridgehead atoms. The van der Waals surface area contributed by atoms with Crippen LogP contribution in [0.2, 0.25) is 0 Å². The van der Waals surface area contributed by atoms with E-state index in [1.165, 1.54) is 6.20 Å². The fraction of sp³-hybridized carbons (Fsp3) is 0.240. The molecule has 33 heavy (non-hydrogen) atoms. The molecule has 0 fully saturated rings. The largest absolute Gasteiger partial charge is 0.465 e. The molecule has 1 atom stereocenters. The number of aromatic nitrogens is 2. The number of ether oxygens (including phenoxy) is 3. The molecule has 0 saturated heterocycles. The standard InChI is InChI=1S/C25H21FN4O3/c26-23-17(4-1-8-28-23)15-5-6-21-18(11-15)25(7-10-32-24(27)30-25)19-12-20(29-13-22(19)33-21)16-3-2-9-31-14-16/h1,3-6,8,11-13H,2,7,9-10,14H2,(H2,27,30)/t25-/m0/s1. The van der Waals surface area contributed by atoms with Gasteiger partial charge in [0.05, 0.1) is 31.7 Å². The van der Waals surface area contributed by atoms with Crippen molar-refractivity contribution in [1.29, 1.82) is 0 Å². The third kappa shape index (κ3) is 3.25. The van der Waals surface area contributed by atoms with E-state index in [9.17, 15) is 4.39 Å². The lowest BCUT2D eigenvalue weighted by atomic mass is 9.77. The van der Waals surface area contributed by atoms with Crippen LogP contribution in [0, 0.1) is 5.95 Å². The number of benzene rings is 1. The first-order chi connectivity index (χ1) is 16.1. The zero-order valence-corrected chi connectivity index (χ0v) is 17.8. The van der Waals surface area contributed by atoms with E-state index in [0.717, 1.165) is 28.8 Å². The van der Waals surface area contributed by atoms with Crippen molar-refractivity contribution in [2.24, 2.45) is 10.7 Å². The molecule has 3 aromatic rings. The zero-order valence-electron chi connectivity index (χ0n) is 17.8. The first-order valence-electron chi connectivity index (χ1n) is 10.8. The number of amidine groups is 1. The zero-order chi connectivity index (χ0) is 22.4. The summed E-state index contributed by atoms with van der Waals surface area (Å²) in [5.74, 6) is 0.709. The van der Waals surface area contributed by atoms with Crippen LogP contribution in [0.3, 0.4) is 0 Å². The highest BCUT2D eigenvalue weighted by Gasteiger charge is 2.45. The Morgan fingerprint density at radius 1 is 1.03 bits per heavy atom. The summed E-state index contributed by atoms with van der Waals surface area (Å²) < 4.78 is 31.8. The minimum atomic E-state index is -0.840. The average molecular weight is 444 g/mol. The molecule has 0 saturated carbocycles. The van der Waals surface area contributed by atoms with Crippen LogP contribution in [0.1, 0.15) is 29.7 Å². The molecular weight excluding hydrogens is 423 g/mol. The monoisotopic (exact) mass is 444 g/mol. The predicted octanol–water partition coefficient (Wildman–Crippen LogP) is 4.17. The molecule has 2 N–H and O–H groups in total. The fourth-order valence-corrected chi connectivity index (χ4v) is 4.70. The van der Waals surface area contributed by atoms with Crippen molar-refractivity contribution in [3.63, 3.8) is 0 Å². The maximum atomic E-state index is 14.5. The molecule has 5 heterocycles. The van der Waals surface area contributed by atoms with Crippen LogP contribution in [0.15, 0.2) is 59.9 Å². The van der Waals surface area contributed by atoms with Gasteiger partial charge in [-0.2, -0.15) is 4.39 Å². The fourth-order valence-electron chi connectivity index (χ4n) is 4.70. The number of hydrogen-bond donors (Lipinski definition) is 1. The third-order valence-corrected chi connectivity index (χ3v) is 6.28. The van der Waals surface area contributed by atoms with Gasteiger partial charge in [-0.25, -0.2) is 9.98 Å². The maximum absolute atomic E-state index is 14.5. The van der Waals surface area contributed by atoms with Gasteiger partial charge >= 0.3 is 0 Å². The topological polar surface area (TPSA) is 91.9 Å². The first kappa shape index (κ1) is 19.9. The number of aliphatic imine (C=N–C) groups is 1. The summed E-state index contributed by atoms with van der Waals surface area (Å²) in [5.41, 5.74) is 9.82. The minimum Gasteiger partial charge on any atom is -0.465 e. The Morgan fingerprint density at radius 3 is 2.76 bits per heavy atom. The quantitative estimate of drug-likeness (QED) is 0.597. The Bertz CT molecular complexity index is 1320. The summed E-state index contributed by atoms with van der Waals surface area (Å²) in [4.78, 5) is 13.2. The number of fused-ring (bicyclic) bond motifs is 4. The van der Waals surface area contributed by atoms with Crippen molar-refractivity contribution in [2.75, 3.05) is 19.8 Å². The number of pyridine rings is 2. The number of nitrogens with two attached hydrogens (primary N) is 1. The Hall–Kier alpha value is -3.78. The molecule has 2 aromatic heterocycles. The van der Waals surface area contributed by atoms with Crippen LogP contribution >= 0.6 is 0 Å². The van der Waals surface area contributed by atoms with Gasteiger partial charge in [-0.3, -0.25) is 4.98 Å². The second-order valence-corrected chi connectivity index (χ2v) is 8.20. The van der Waals surface area contributed by atoms with Crippen LogP contribution in [0.25, 0.3) is 16.7 Å². The Kier molecular flexibility index (Phi) is 4.62. The SMILES string of the molecule is NC1=N[C@@]2(CCO1)c1cc(-c3cccnc3F)ccc1Oc1cnc(C3=CCCOC3)cc12. The van der Waals surface area contributed by atoms with Gasteiger partial charge in [0.15, 0.2) is 5.75 Å². The Labute approximate surface area is 189 Å². The molecule has 0 aliphatic carbocycles. The predicted molar refractivity (Wildman–Crippen MR) is 120 cm³/mol. The van der Waals surface area contributed by atoms with Gasteiger partial charge in [0.2, 0.25) is 5.95 Å². The highest BCUT2D eigenvalue weighted by molar-refractivity contribution is 5.77. The molecule has 166 valence electrons. The second-order valence-electron chi connectivity index (χ2n) is 8.20. The Balaban J connectivity index is 1.56. The highest BCUT2D eigenvalue weighted by atomic mass is 19.1. The van der Waals surface area contributed by atoms with E-state index in [0.29, 0.717) is 48.9 Å². The van der Waals surface area contributed by atoms with Crippen molar-refractivity contribution in [1.82, 2.24) is 9.97 Å². The lowest BCUT2D eigenvalue weighted by Crippen LogP contribution is -2.38. The Morgan fingerprint density at radius 2 is 1.94 bits per heavy atom. The van der Waals surface area contributed by atoms with E-state index < -0.39 is 11.5 Å². The molecule has 0 unspecified atom stereocenters. The minimum absolute atomic E-state index is 0.108. The number of rotatable bonds is 2. The molecular formula is C25H21FN4O3. The molecule has 7 nitrogen and oxygen atoms in total. The van der Waals surface area contributed by atoms with Crippen molar-refractivity contribution in [3.8, 4) is 22.6 Å². The maximum Gasteiger partial charge on any atom is 0.283 e. The van der Waals surface area contributed by atoms with E-state index >= 15 is 0 Å². The summed E-state index contributed by atoms with van der Waals surface area (Å²) >= 11 is 0. The molecule has 3 aliphatic heterocycles. The van der Waals surface area contributed by atoms with Gasteiger partial charge in [-0.1, -0.05) is 12.1 Å². The third-order valence-electron chi connectivity index (χ3n) is 6.28. The number of halogens is 1. The van der Waals surface area contributed by atoms with Gasteiger partial charge in [0.25, 0.3) is 6.02 Å². The summed E-state index contributed by atoms with van der Waals surface area (Å²) in [6.45, 7) is 1.61. The summed E-state index contributed by atoms with van der Waals surface area (Å²) in [7, 11) is 0. The van der Waals surface area contributed by atoms with E-state index in [1.807, 2.05) is 24.3 Å². The van der Waals surface area contributed by atoms with Crippen LogP contribution in [0.4, 0.5) is 4.39 Å². The van der Waals surface area contributed by atoms with E-state index in [-0.39, 0.29) is 6.02 Å². The van der Waals surface area contributed by atoms with Crippen molar-refractivity contribution < 1.29 is 18.6 Å². The molecule has 1 aromatic carbocycles. The van der Waals surface area contributed by atoms with Crippen molar-refractivity contribution in [3.05, 3.63) is 77.6 Å². The van der Waals surface area contributed by atoms with E-state index in [1.54, 1.807) is 18.3 Å². The highest BCUT2D eigenvalue weighted by Crippen LogP contribution is 2.52. The molecule has 1 spiro atoms. The lowest BCUT2D eigenvalue weighted by Gasteiger charge is -2.39. The second kappa shape index (κ2) is 7.67. The summed E-state index contributed by atoms with van der Waals surface area (Å²) in [5, 5.41) is 0. The molecule has 3 aliphatic rings. The van der Waals surface area contributed by atoms with Gasteiger partial charge in [-0.05, 0) is 47.9 Å². The smallest absolute Gasteiger partial charge is 0.283 e. The molecule has 8 heteroatoms. The van der Waals surface area contributed by atoms with Gasteiger partial charge in [0, 0.05) is 29.3 Å². The van der Waals surface area contributed by atoms with Crippen LogP contribution in [-0.4, -0.2) is 35.8 Å². The van der Waals surface area contributed by atoms with Gasteiger partial charge in [-0.15, -0.1) is 0 Å². The summed E-state index contributed by atoms with van der Waals surface area (Å²) in [6, 6.07) is 11.1. The van der Waals surface area contributed by atoms with Crippen molar-refractivity contribution in [2.45, 2.75) is 18.4 Å². The number of hydrogen-bond acceptors (Lipinski definition) is 7. The summed E-state index contributed by atoms with van der Waals surface area (Å²) in [6.07, 6.45) is 6.69. The van der Waals surface area contributed by atoms with E-state index in [4.69, 9.17) is 24.9 Å². The molecule has 0 radical (unpaired) electrons. The molecule has 0 amide bonds. The van der Waals surface area contributed by atoms with Crippen LogP contribution in [0.5, 0.6) is 11.5 Å².